The summed E-state index contributed by atoms with van der Waals surface area (Å²) >= 11 is 0. The molecule has 0 saturated carbocycles. The van der Waals surface area contributed by atoms with Gasteiger partial charge >= 0.3 is 12.0 Å². The molecule has 2 aromatic rings. The standard InChI is InChI=1S/C15H17N3O3/c1-10(14(19)20)18-15(21)17-9-7-12-5-2-4-11-6-3-8-16-13(11)12/h2-6,8,10H,7,9H2,1H3,(H,19,20)(H2,17,18,21). The summed E-state index contributed by atoms with van der Waals surface area (Å²) in [6.07, 6.45) is 2.36. The normalized spacial score (nSPS) is 11.9. The zero-order valence-corrected chi connectivity index (χ0v) is 11.7. The zero-order chi connectivity index (χ0) is 15.2. The predicted molar refractivity (Wildman–Crippen MR) is 79.1 cm³/mol. The first-order valence-corrected chi connectivity index (χ1v) is 6.67. The van der Waals surface area contributed by atoms with Crippen molar-refractivity contribution >= 4 is 22.9 Å². The molecule has 110 valence electrons. The van der Waals surface area contributed by atoms with Gasteiger partial charge in [0.05, 0.1) is 5.52 Å². The lowest BCUT2D eigenvalue weighted by Gasteiger charge is -2.11. The van der Waals surface area contributed by atoms with E-state index >= 15 is 0 Å². The van der Waals surface area contributed by atoms with Crippen LogP contribution in [0.2, 0.25) is 0 Å². The number of amides is 2. The Morgan fingerprint density at radius 3 is 2.81 bits per heavy atom. The molecule has 0 fully saturated rings. The summed E-state index contributed by atoms with van der Waals surface area (Å²) in [6.45, 7) is 1.82. The Hall–Kier alpha value is -2.63. The molecule has 0 radical (unpaired) electrons. The topological polar surface area (TPSA) is 91.3 Å². The van der Waals surface area contributed by atoms with Crippen LogP contribution in [0.15, 0.2) is 36.5 Å². The molecule has 6 heteroatoms. The van der Waals surface area contributed by atoms with Gasteiger partial charge in [-0.25, -0.2) is 4.79 Å². The van der Waals surface area contributed by atoms with Gasteiger partial charge in [-0.15, -0.1) is 0 Å². The quantitative estimate of drug-likeness (QED) is 0.778. The summed E-state index contributed by atoms with van der Waals surface area (Å²) in [4.78, 5) is 26.5. The van der Waals surface area contributed by atoms with E-state index in [0.717, 1.165) is 16.5 Å². The number of carboxylic acid groups (broad SMARTS) is 1. The number of aliphatic carboxylic acids is 1. The van der Waals surface area contributed by atoms with E-state index in [1.807, 2.05) is 30.3 Å². The third-order valence-corrected chi connectivity index (χ3v) is 3.11. The zero-order valence-electron chi connectivity index (χ0n) is 11.7. The number of rotatable bonds is 5. The maximum atomic E-state index is 11.5. The molecule has 2 rings (SSSR count). The van der Waals surface area contributed by atoms with Gasteiger partial charge < -0.3 is 15.7 Å². The number of fused-ring (bicyclic) bond motifs is 1. The van der Waals surface area contributed by atoms with E-state index in [-0.39, 0.29) is 0 Å². The van der Waals surface area contributed by atoms with Gasteiger partial charge in [-0.2, -0.15) is 0 Å². The van der Waals surface area contributed by atoms with Gasteiger partial charge in [-0.3, -0.25) is 9.78 Å². The molecular formula is C15H17N3O3. The van der Waals surface area contributed by atoms with Gasteiger partial charge in [0.2, 0.25) is 0 Å². The van der Waals surface area contributed by atoms with E-state index in [0.29, 0.717) is 13.0 Å². The lowest BCUT2D eigenvalue weighted by Crippen LogP contribution is -2.44. The van der Waals surface area contributed by atoms with Crippen molar-refractivity contribution in [3.8, 4) is 0 Å². The molecule has 2 amide bonds. The molecule has 1 atom stereocenters. The third kappa shape index (κ3) is 3.92. The number of nitrogens with one attached hydrogen (secondary N) is 2. The minimum absolute atomic E-state index is 0.411. The fourth-order valence-corrected chi connectivity index (χ4v) is 1.99. The van der Waals surface area contributed by atoms with Crippen LogP contribution < -0.4 is 10.6 Å². The smallest absolute Gasteiger partial charge is 0.325 e. The number of carbonyl (C=O) groups is 2. The van der Waals surface area contributed by atoms with Crippen molar-refractivity contribution in [2.24, 2.45) is 0 Å². The van der Waals surface area contributed by atoms with E-state index in [1.54, 1.807) is 6.20 Å². The van der Waals surface area contributed by atoms with Crippen LogP contribution in [0.1, 0.15) is 12.5 Å². The van der Waals surface area contributed by atoms with Crippen LogP contribution in [0, 0.1) is 0 Å². The molecule has 1 heterocycles. The highest BCUT2D eigenvalue weighted by Gasteiger charge is 2.13. The van der Waals surface area contributed by atoms with E-state index in [9.17, 15) is 9.59 Å². The number of para-hydroxylation sites is 1. The van der Waals surface area contributed by atoms with E-state index < -0.39 is 18.0 Å². The number of urea groups is 1. The van der Waals surface area contributed by atoms with Crippen LogP contribution in [-0.2, 0) is 11.2 Å². The SMILES string of the molecule is CC(NC(=O)NCCc1cccc2cccnc12)C(=O)O. The number of carboxylic acids is 1. The van der Waals surface area contributed by atoms with E-state index in [1.165, 1.54) is 6.92 Å². The first kappa shape index (κ1) is 14.8. The molecule has 6 nitrogen and oxygen atoms in total. The Balaban J connectivity index is 1.91. The Kier molecular flexibility index (Phi) is 4.71. The average molecular weight is 287 g/mol. The molecule has 1 unspecified atom stereocenters. The van der Waals surface area contributed by atoms with Gasteiger partial charge in [-0.1, -0.05) is 24.3 Å². The van der Waals surface area contributed by atoms with Gasteiger partial charge in [-0.05, 0) is 25.0 Å². The fourth-order valence-electron chi connectivity index (χ4n) is 1.99. The van der Waals surface area contributed by atoms with Crippen LogP contribution in [-0.4, -0.2) is 34.7 Å². The number of nitrogens with zero attached hydrogens (tertiary/aromatic N) is 1. The largest absolute Gasteiger partial charge is 0.480 e. The molecule has 0 spiro atoms. The molecule has 0 saturated heterocycles. The molecule has 21 heavy (non-hydrogen) atoms. The van der Waals surface area contributed by atoms with Gasteiger partial charge in [0.15, 0.2) is 0 Å². The van der Waals surface area contributed by atoms with Gasteiger partial charge in [0.1, 0.15) is 6.04 Å². The number of hydrogen-bond donors (Lipinski definition) is 3. The van der Waals surface area contributed by atoms with Crippen LogP contribution >= 0.6 is 0 Å². The minimum Gasteiger partial charge on any atom is -0.480 e. The maximum Gasteiger partial charge on any atom is 0.325 e. The third-order valence-electron chi connectivity index (χ3n) is 3.11. The highest BCUT2D eigenvalue weighted by molar-refractivity contribution is 5.83. The monoisotopic (exact) mass is 287 g/mol. The van der Waals surface area contributed by atoms with E-state index in [4.69, 9.17) is 5.11 Å². The summed E-state index contributed by atoms with van der Waals surface area (Å²) < 4.78 is 0. The minimum atomic E-state index is -1.07. The van der Waals surface area contributed by atoms with Crippen molar-refractivity contribution < 1.29 is 14.7 Å². The summed E-state index contributed by atoms with van der Waals surface area (Å²) in [5, 5.41) is 14.7. The van der Waals surface area contributed by atoms with Crippen LogP contribution in [0.5, 0.6) is 0 Å². The second kappa shape index (κ2) is 6.69. The fraction of sp³-hybridized carbons (Fsp3) is 0.267. The highest BCUT2D eigenvalue weighted by Crippen LogP contribution is 2.15. The lowest BCUT2D eigenvalue weighted by molar-refractivity contribution is -0.138. The maximum absolute atomic E-state index is 11.5. The first-order valence-electron chi connectivity index (χ1n) is 6.67. The first-order chi connectivity index (χ1) is 10.1. The highest BCUT2D eigenvalue weighted by atomic mass is 16.4. The Morgan fingerprint density at radius 1 is 1.29 bits per heavy atom. The predicted octanol–water partition coefficient (Wildman–Crippen LogP) is 1.55. The van der Waals surface area contributed by atoms with Crippen LogP contribution in [0.25, 0.3) is 10.9 Å². The molecule has 0 aliphatic rings. The molecule has 1 aromatic carbocycles. The molecule has 0 aliphatic carbocycles. The molecular weight excluding hydrogens is 270 g/mol. The molecule has 0 aliphatic heterocycles. The van der Waals surface area contributed by atoms with Crippen LogP contribution in [0.4, 0.5) is 4.79 Å². The average Bonchev–Trinajstić information content (AvgIpc) is 2.47. The summed E-state index contributed by atoms with van der Waals surface area (Å²) in [5.74, 6) is -1.07. The molecule has 1 aromatic heterocycles. The number of aromatic nitrogens is 1. The Labute approximate surface area is 122 Å². The summed E-state index contributed by atoms with van der Waals surface area (Å²) in [7, 11) is 0. The van der Waals surface area contributed by atoms with Gasteiger partial charge in [0.25, 0.3) is 0 Å². The number of benzene rings is 1. The number of hydrogen-bond acceptors (Lipinski definition) is 3. The van der Waals surface area contributed by atoms with Crippen LogP contribution in [0.3, 0.4) is 0 Å². The second-order valence-corrected chi connectivity index (χ2v) is 4.70. The van der Waals surface area contributed by atoms with Crippen molar-refractivity contribution in [3.05, 3.63) is 42.1 Å². The van der Waals surface area contributed by atoms with Crippen molar-refractivity contribution in [3.63, 3.8) is 0 Å². The number of pyridine rings is 1. The second-order valence-electron chi connectivity index (χ2n) is 4.70. The van der Waals surface area contributed by atoms with Crippen molar-refractivity contribution in [2.45, 2.75) is 19.4 Å². The summed E-state index contributed by atoms with van der Waals surface area (Å²) in [5.41, 5.74) is 1.96. The van der Waals surface area contributed by atoms with Crippen molar-refractivity contribution in [1.29, 1.82) is 0 Å². The summed E-state index contributed by atoms with van der Waals surface area (Å²) in [6, 6.07) is 8.37. The van der Waals surface area contributed by atoms with Gasteiger partial charge in [0, 0.05) is 18.1 Å². The van der Waals surface area contributed by atoms with Crippen molar-refractivity contribution in [2.75, 3.05) is 6.54 Å². The lowest BCUT2D eigenvalue weighted by atomic mass is 10.1. The van der Waals surface area contributed by atoms with E-state index in [2.05, 4.69) is 15.6 Å². The molecule has 0 bridgehead atoms. The Morgan fingerprint density at radius 2 is 2.05 bits per heavy atom. The van der Waals surface area contributed by atoms with Crippen molar-refractivity contribution in [1.82, 2.24) is 15.6 Å². The number of carbonyl (C=O) groups excluding carboxylic acids is 1. The Bertz CT molecular complexity index is 652. The molecule has 3 N–H and O–H groups in total.